The molecule has 108 valence electrons. The zero-order valence-corrected chi connectivity index (χ0v) is 12.4. The van der Waals surface area contributed by atoms with Crippen LogP contribution in [0, 0.1) is 24.6 Å². The van der Waals surface area contributed by atoms with Gasteiger partial charge in [-0.3, -0.25) is 4.79 Å². The maximum absolute atomic E-state index is 13.8. The molecule has 5 heteroatoms. The molecule has 1 heterocycles. The Balaban J connectivity index is 2.01. The topological polar surface area (TPSA) is 55.1 Å². The van der Waals surface area contributed by atoms with Crippen LogP contribution in [0.5, 0.6) is 0 Å². The van der Waals surface area contributed by atoms with E-state index in [4.69, 9.17) is 5.73 Å². The summed E-state index contributed by atoms with van der Waals surface area (Å²) in [6.07, 6.45) is 0. The summed E-state index contributed by atoms with van der Waals surface area (Å²) in [4.78, 5) is 12.9. The van der Waals surface area contributed by atoms with Crippen molar-refractivity contribution in [3.05, 3.63) is 57.0 Å². The summed E-state index contributed by atoms with van der Waals surface area (Å²) < 4.78 is 13.8. The Morgan fingerprint density at radius 2 is 2.29 bits per heavy atom. The van der Waals surface area contributed by atoms with E-state index in [1.165, 1.54) is 17.4 Å². The van der Waals surface area contributed by atoms with Crippen LogP contribution >= 0.6 is 11.3 Å². The number of nitrogens with one attached hydrogen (secondary N) is 1. The van der Waals surface area contributed by atoms with Crippen molar-refractivity contribution in [1.82, 2.24) is 5.32 Å². The molecule has 0 spiro atoms. The molecule has 1 amide bonds. The Bertz CT molecular complexity index is 713. The molecule has 0 bridgehead atoms. The van der Waals surface area contributed by atoms with Gasteiger partial charge in [0.05, 0.1) is 18.7 Å². The molecule has 0 saturated carbocycles. The van der Waals surface area contributed by atoms with E-state index in [1.807, 2.05) is 11.4 Å². The van der Waals surface area contributed by atoms with Gasteiger partial charge >= 0.3 is 0 Å². The van der Waals surface area contributed by atoms with Gasteiger partial charge in [0.25, 0.3) is 5.91 Å². The van der Waals surface area contributed by atoms with Gasteiger partial charge < -0.3 is 11.1 Å². The molecule has 0 fully saturated rings. The van der Waals surface area contributed by atoms with Gasteiger partial charge in [0.1, 0.15) is 5.82 Å². The number of benzene rings is 1. The Hall–Kier alpha value is -2.16. The van der Waals surface area contributed by atoms with Crippen molar-refractivity contribution in [3.63, 3.8) is 0 Å². The lowest BCUT2D eigenvalue weighted by atomic mass is 10.1. The number of carbonyl (C=O) groups excluding carboxylic acids is 1. The van der Waals surface area contributed by atoms with Crippen LogP contribution in [-0.2, 0) is 6.54 Å². The van der Waals surface area contributed by atoms with Crippen LogP contribution in [0.1, 0.15) is 26.4 Å². The average Bonchev–Trinajstić information content (AvgIpc) is 2.93. The molecule has 2 rings (SSSR count). The lowest BCUT2D eigenvalue weighted by Gasteiger charge is -2.06. The average molecular weight is 302 g/mol. The van der Waals surface area contributed by atoms with Crippen molar-refractivity contribution in [2.45, 2.75) is 13.5 Å². The highest BCUT2D eigenvalue weighted by atomic mass is 32.1. The van der Waals surface area contributed by atoms with Gasteiger partial charge in [-0.05, 0) is 24.6 Å². The van der Waals surface area contributed by atoms with E-state index in [-0.39, 0.29) is 5.56 Å². The van der Waals surface area contributed by atoms with Crippen molar-refractivity contribution in [2.24, 2.45) is 5.73 Å². The van der Waals surface area contributed by atoms with Crippen molar-refractivity contribution in [2.75, 3.05) is 6.54 Å². The third-order valence-electron chi connectivity index (χ3n) is 2.85. The van der Waals surface area contributed by atoms with Crippen LogP contribution < -0.4 is 11.1 Å². The number of halogens is 1. The molecule has 0 aliphatic heterocycles. The minimum Gasteiger partial charge on any atom is -0.347 e. The molecule has 21 heavy (non-hydrogen) atoms. The number of hydrogen-bond acceptors (Lipinski definition) is 3. The number of nitrogens with two attached hydrogens (primary N) is 1. The smallest absolute Gasteiger partial charge is 0.254 e. The molecule has 1 aromatic heterocycles. The fourth-order valence-electron chi connectivity index (χ4n) is 1.78. The molecule has 3 N–H and O–H groups in total. The van der Waals surface area contributed by atoms with Gasteiger partial charge in [0.15, 0.2) is 0 Å². The zero-order chi connectivity index (χ0) is 15.2. The van der Waals surface area contributed by atoms with E-state index >= 15 is 0 Å². The van der Waals surface area contributed by atoms with Crippen LogP contribution in [0.3, 0.4) is 0 Å². The number of thiophene rings is 1. The first-order chi connectivity index (χ1) is 10.1. The van der Waals surface area contributed by atoms with E-state index in [9.17, 15) is 9.18 Å². The first kappa shape index (κ1) is 15.2. The van der Waals surface area contributed by atoms with Crippen LogP contribution in [0.4, 0.5) is 4.39 Å². The number of rotatable bonds is 3. The number of amides is 1. The second-order valence-electron chi connectivity index (χ2n) is 4.43. The van der Waals surface area contributed by atoms with Gasteiger partial charge in [0, 0.05) is 15.8 Å². The molecule has 0 unspecified atom stereocenters. The van der Waals surface area contributed by atoms with Crippen LogP contribution in [0.25, 0.3) is 0 Å². The first-order valence-corrected chi connectivity index (χ1v) is 7.29. The lowest BCUT2D eigenvalue weighted by molar-refractivity contribution is 0.0947. The zero-order valence-electron chi connectivity index (χ0n) is 11.6. The Morgan fingerprint density at radius 3 is 3.05 bits per heavy atom. The van der Waals surface area contributed by atoms with Crippen LogP contribution in [0.2, 0.25) is 0 Å². The molecule has 0 atom stereocenters. The van der Waals surface area contributed by atoms with Crippen molar-refractivity contribution < 1.29 is 9.18 Å². The van der Waals surface area contributed by atoms with Crippen molar-refractivity contribution in [3.8, 4) is 11.8 Å². The highest BCUT2D eigenvalue weighted by Gasteiger charge is 2.12. The Labute approximate surface area is 127 Å². The predicted molar refractivity (Wildman–Crippen MR) is 82.6 cm³/mol. The Kier molecular flexibility index (Phi) is 5.09. The fraction of sp³-hybridized carbons (Fsp3) is 0.188. The molecular formula is C16H15FN2OS. The van der Waals surface area contributed by atoms with Gasteiger partial charge in [-0.25, -0.2) is 4.39 Å². The van der Waals surface area contributed by atoms with Crippen molar-refractivity contribution in [1.29, 1.82) is 0 Å². The summed E-state index contributed by atoms with van der Waals surface area (Å²) in [5.41, 5.74) is 6.70. The number of hydrogen-bond donors (Lipinski definition) is 2. The maximum atomic E-state index is 13.8. The molecule has 0 saturated heterocycles. The summed E-state index contributed by atoms with van der Waals surface area (Å²) in [5.74, 6) is 4.80. The maximum Gasteiger partial charge on any atom is 0.254 e. The monoisotopic (exact) mass is 302 g/mol. The predicted octanol–water partition coefficient (Wildman–Crippen LogP) is 2.44. The highest BCUT2D eigenvalue weighted by molar-refractivity contribution is 7.10. The summed E-state index contributed by atoms with van der Waals surface area (Å²) in [5, 5.41) is 4.61. The lowest BCUT2D eigenvalue weighted by Crippen LogP contribution is -2.23. The normalized spacial score (nSPS) is 9.86. The summed E-state index contributed by atoms with van der Waals surface area (Å²) in [7, 11) is 0. The molecule has 0 aliphatic carbocycles. The Morgan fingerprint density at radius 1 is 1.48 bits per heavy atom. The highest BCUT2D eigenvalue weighted by Crippen LogP contribution is 2.15. The van der Waals surface area contributed by atoms with Crippen molar-refractivity contribution >= 4 is 17.2 Å². The fourth-order valence-corrected chi connectivity index (χ4v) is 2.53. The molecule has 2 aromatic rings. The molecule has 0 aliphatic rings. The summed E-state index contributed by atoms with van der Waals surface area (Å²) >= 11 is 1.49. The van der Waals surface area contributed by atoms with Crippen LogP contribution in [-0.4, -0.2) is 12.5 Å². The van der Waals surface area contributed by atoms with E-state index in [0.717, 1.165) is 10.4 Å². The van der Waals surface area contributed by atoms with Crippen LogP contribution in [0.15, 0.2) is 29.6 Å². The summed E-state index contributed by atoms with van der Waals surface area (Å²) in [6, 6.07) is 6.66. The van der Waals surface area contributed by atoms with E-state index in [1.54, 1.807) is 19.1 Å². The largest absolute Gasteiger partial charge is 0.347 e. The van der Waals surface area contributed by atoms with Gasteiger partial charge in [-0.15, -0.1) is 11.3 Å². The SMILES string of the molecule is Cc1cccc(C(=O)NCc2cc(C#CCN)cs2)c1F. The van der Waals surface area contributed by atoms with Gasteiger partial charge in [0.2, 0.25) is 0 Å². The second kappa shape index (κ2) is 7.02. The second-order valence-corrected chi connectivity index (χ2v) is 5.42. The van der Waals surface area contributed by atoms with Gasteiger partial charge in [-0.2, -0.15) is 0 Å². The van der Waals surface area contributed by atoms with E-state index < -0.39 is 11.7 Å². The third-order valence-corrected chi connectivity index (χ3v) is 3.78. The molecular weight excluding hydrogens is 287 g/mol. The number of carbonyl (C=O) groups is 1. The molecule has 0 radical (unpaired) electrons. The first-order valence-electron chi connectivity index (χ1n) is 6.41. The minimum absolute atomic E-state index is 0.0645. The minimum atomic E-state index is -0.476. The van der Waals surface area contributed by atoms with E-state index in [2.05, 4.69) is 17.2 Å². The number of aryl methyl sites for hydroxylation is 1. The molecule has 3 nitrogen and oxygen atoms in total. The summed E-state index contributed by atoms with van der Waals surface area (Å²) in [6.45, 7) is 2.30. The quantitative estimate of drug-likeness (QED) is 0.856. The third kappa shape index (κ3) is 3.91. The standard InChI is InChI=1S/C16H15FN2OS/c1-11-4-2-6-14(15(11)17)16(20)19-9-13-8-12(10-21-13)5-3-7-18/h2,4,6,8,10H,7,9,18H2,1H3,(H,19,20). The van der Waals surface area contributed by atoms with E-state index in [0.29, 0.717) is 18.7 Å². The van der Waals surface area contributed by atoms with Gasteiger partial charge in [-0.1, -0.05) is 24.0 Å². The molecule has 1 aromatic carbocycles.